The fourth-order valence-corrected chi connectivity index (χ4v) is 4.25. The van der Waals surface area contributed by atoms with Crippen LogP contribution >= 0.6 is 11.3 Å². The largest absolute Gasteiger partial charge is 0.383 e. The van der Waals surface area contributed by atoms with Crippen molar-refractivity contribution in [3.05, 3.63) is 65.7 Å². The molecule has 0 aliphatic heterocycles. The first-order chi connectivity index (χ1) is 16.5. The van der Waals surface area contributed by atoms with E-state index in [1.54, 1.807) is 43.2 Å². The molecule has 0 radical (unpaired) electrons. The number of thiazole rings is 1. The van der Waals surface area contributed by atoms with Gasteiger partial charge in [0.05, 0.1) is 28.6 Å². The van der Waals surface area contributed by atoms with Gasteiger partial charge in [0.15, 0.2) is 0 Å². The van der Waals surface area contributed by atoms with Crippen LogP contribution in [0.1, 0.15) is 24.4 Å². The number of oxime groups is 1. The van der Waals surface area contributed by atoms with Gasteiger partial charge in [-0.3, -0.25) is 4.98 Å². The molecule has 0 aliphatic carbocycles. The molecule has 1 N–H and O–H groups in total. The topological polar surface area (TPSA) is 107 Å². The Morgan fingerprint density at radius 2 is 1.97 bits per heavy atom. The Hall–Kier alpha value is -3.76. The average Bonchev–Trinajstić information content (AvgIpc) is 3.25. The van der Waals surface area contributed by atoms with Crippen LogP contribution in [-0.4, -0.2) is 50.4 Å². The van der Waals surface area contributed by atoms with E-state index >= 15 is 0 Å². The van der Waals surface area contributed by atoms with Crippen molar-refractivity contribution in [3.63, 3.8) is 0 Å². The molecule has 174 valence electrons. The predicted octanol–water partition coefficient (Wildman–Crippen LogP) is 4.62. The zero-order valence-corrected chi connectivity index (χ0v) is 20.2. The van der Waals surface area contributed by atoms with Crippen LogP contribution < -0.4 is 10.2 Å². The molecule has 0 aromatic carbocycles. The van der Waals surface area contributed by atoms with Crippen molar-refractivity contribution in [1.29, 1.82) is 0 Å². The van der Waals surface area contributed by atoms with Gasteiger partial charge in [-0.2, -0.15) is 4.98 Å². The highest BCUT2D eigenvalue weighted by molar-refractivity contribution is 7.17. The second-order valence-electron chi connectivity index (χ2n) is 7.60. The summed E-state index contributed by atoms with van der Waals surface area (Å²) in [6.45, 7) is 6.43. The summed E-state index contributed by atoms with van der Waals surface area (Å²) in [5.74, 6) is 0.738. The van der Waals surface area contributed by atoms with Crippen LogP contribution in [0, 0.1) is 6.92 Å². The Kier molecular flexibility index (Phi) is 7.51. The molecule has 1 unspecified atom stereocenters. The Balaban J connectivity index is 1.50. The summed E-state index contributed by atoms with van der Waals surface area (Å²) in [6, 6.07) is 9.78. The highest BCUT2D eigenvalue weighted by Gasteiger charge is 2.13. The molecule has 4 rings (SSSR count). The quantitative estimate of drug-likeness (QED) is 0.276. The lowest BCUT2D eigenvalue weighted by molar-refractivity contribution is 0.190. The fraction of sp³-hybridized carbons (Fsp3) is 0.250. The number of nitrogens with one attached hydrogen (secondary N) is 1. The van der Waals surface area contributed by atoms with Crippen molar-refractivity contribution < 1.29 is 9.57 Å². The number of nitrogens with zero attached hydrogens (tertiary/aromatic N) is 6. The molecule has 0 saturated heterocycles. The van der Waals surface area contributed by atoms with Crippen LogP contribution in [0.15, 0.2) is 60.3 Å². The Labute approximate surface area is 202 Å². The number of methoxy groups -OCH3 is 1. The summed E-state index contributed by atoms with van der Waals surface area (Å²) in [5, 5.41) is 8.44. The highest BCUT2D eigenvalue weighted by Crippen LogP contribution is 2.28. The Morgan fingerprint density at radius 1 is 1.12 bits per heavy atom. The van der Waals surface area contributed by atoms with Gasteiger partial charge in [0.2, 0.25) is 0 Å². The van der Waals surface area contributed by atoms with E-state index in [0.29, 0.717) is 18.0 Å². The van der Waals surface area contributed by atoms with Gasteiger partial charge >= 0.3 is 6.01 Å². The number of hydrogen-bond donors (Lipinski definition) is 1. The molecule has 4 heterocycles. The third kappa shape index (κ3) is 5.77. The molecular weight excluding hydrogens is 450 g/mol. The third-order valence-corrected chi connectivity index (χ3v) is 6.11. The van der Waals surface area contributed by atoms with Crippen molar-refractivity contribution in [2.75, 3.05) is 19.0 Å². The first kappa shape index (κ1) is 23.4. The summed E-state index contributed by atoms with van der Waals surface area (Å²) >= 11 is 1.54. The lowest BCUT2D eigenvalue weighted by atomic mass is 10.2. The van der Waals surface area contributed by atoms with Gasteiger partial charge in [-0.15, -0.1) is 11.3 Å². The Bertz CT molecular complexity index is 1280. The number of aryl methyl sites for hydroxylation is 1. The molecule has 10 heteroatoms. The molecule has 0 spiro atoms. The van der Waals surface area contributed by atoms with E-state index in [0.717, 1.165) is 32.5 Å². The number of aromatic nitrogens is 5. The molecule has 0 aliphatic rings. The number of pyridine rings is 2. The number of hydrogen-bond acceptors (Lipinski definition) is 10. The van der Waals surface area contributed by atoms with Crippen LogP contribution in [-0.2, 0) is 4.74 Å². The number of rotatable bonds is 9. The van der Waals surface area contributed by atoms with Crippen molar-refractivity contribution in [1.82, 2.24) is 24.9 Å². The molecule has 9 nitrogen and oxygen atoms in total. The first-order valence-corrected chi connectivity index (χ1v) is 11.5. The lowest BCUT2D eigenvalue weighted by Gasteiger charge is -2.13. The van der Waals surface area contributed by atoms with Crippen molar-refractivity contribution in [2.24, 2.45) is 5.16 Å². The molecule has 0 amide bonds. The van der Waals surface area contributed by atoms with E-state index in [2.05, 4.69) is 35.4 Å². The summed E-state index contributed by atoms with van der Waals surface area (Å²) in [6.07, 6.45) is 6.91. The number of ether oxygens (including phenoxy) is 1. The molecule has 4 aromatic heterocycles. The van der Waals surface area contributed by atoms with Crippen LogP contribution in [0.25, 0.3) is 21.8 Å². The maximum absolute atomic E-state index is 5.57. The molecule has 0 saturated carbocycles. The summed E-state index contributed by atoms with van der Waals surface area (Å²) < 4.78 is 5.17. The summed E-state index contributed by atoms with van der Waals surface area (Å²) in [5.41, 5.74) is 4.13. The van der Waals surface area contributed by atoms with Crippen LogP contribution in [0.5, 0.6) is 6.01 Å². The molecular formula is C24H25N7O2S. The van der Waals surface area contributed by atoms with Crippen LogP contribution in [0.2, 0.25) is 0 Å². The lowest BCUT2D eigenvalue weighted by Crippen LogP contribution is -2.21. The van der Waals surface area contributed by atoms with Gasteiger partial charge in [-0.05, 0) is 51.1 Å². The van der Waals surface area contributed by atoms with Crippen LogP contribution in [0.3, 0.4) is 0 Å². The van der Waals surface area contributed by atoms with Gasteiger partial charge in [-0.25, -0.2) is 15.0 Å². The smallest absolute Gasteiger partial charge is 0.346 e. The molecule has 1 atom stereocenters. The summed E-state index contributed by atoms with van der Waals surface area (Å²) in [4.78, 5) is 28.4. The predicted molar refractivity (Wildman–Crippen MR) is 133 cm³/mol. The first-order valence-electron chi connectivity index (χ1n) is 10.7. The maximum atomic E-state index is 5.57. The van der Waals surface area contributed by atoms with Gasteiger partial charge in [0.25, 0.3) is 0 Å². The zero-order valence-electron chi connectivity index (χ0n) is 19.4. The molecule has 0 bridgehead atoms. The van der Waals surface area contributed by atoms with Crippen molar-refractivity contribution in [3.8, 4) is 27.8 Å². The van der Waals surface area contributed by atoms with E-state index in [-0.39, 0.29) is 12.1 Å². The highest BCUT2D eigenvalue weighted by atomic mass is 32.1. The van der Waals surface area contributed by atoms with Crippen molar-refractivity contribution in [2.45, 2.75) is 26.8 Å². The van der Waals surface area contributed by atoms with Crippen molar-refractivity contribution >= 4 is 22.9 Å². The number of anilines is 1. The second kappa shape index (κ2) is 10.9. The third-order valence-electron chi connectivity index (χ3n) is 4.80. The standard InChI is InChI=1S/C24H25N7O2S/c1-15(14-32-4)28-21-12-18(7-10-26-21)20-8-11-27-24(30-20)33-31-17(3)22-16(2)29-23(34-22)19-6-5-9-25-13-19/h5-13,15H,14H2,1-4H3,(H,26,28)/b31-17+. The molecule has 34 heavy (non-hydrogen) atoms. The molecule has 4 aromatic rings. The monoisotopic (exact) mass is 475 g/mol. The van der Waals surface area contributed by atoms with E-state index in [1.807, 2.05) is 51.1 Å². The van der Waals surface area contributed by atoms with E-state index in [1.165, 1.54) is 0 Å². The minimum absolute atomic E-state index is 0.128. The fourth-order valence-electron chi connectivity index (χ4n) is 3.25. The van der Waals surface area contributed by atoms with Crippen LogP contribution in [0.4, 0.5) is 5.82 Å². The normalized spacial score (nSPS) is 12.4. The van der Waals surface area contributed by atoms with E-state index in [9.17, 15) is 0 Å². The minimum atomic E-state index is 0.128. The SMILES string of the molecule is COCC(C)Nc1cc(-c2ccnc(O/N=C(\C)c3sc(-c4cccnc4)nc3C)n2)ccn1. The molecule has 0 fully saturated rings. The zero-order chi connectivity index (χ0) is 23.9. The summed E-state index contributed by atoms with van der Waals surface area (Å²) in [7, 11) is 1.67. The minimum Gasteiger partial charge on any atom is -0.383 e. The van der Waals surface area contributed by atoms with Gasteiger partial charge in [0, 0.05) is 49.1 Å². The average molecular weight is 476 g/mol. The van der Waals surface area contributed by atoms with Gasteiger partial charge in [-0.1, -0.05) is 5.16 Å². The van der Waals surface area contributed by atoms with Gasteiger partial charge < -0.3 is 14.9 Å². The van der Waals surface area contributed by atoms with Gasteiger partial charge in [0.1, 0.15) is 10.8 Å². The van der Waals surface area contributed by atoms with E-state index in [4.69, 9.17) is 9.57 Å². The maximum Gasteiger partial charge on any atom is 0.346 e. The van der Waals surface area contributed by atoms with E-state index < -0.39 is 0 Å². The Morgan fingerprint density at radius 3 is 2.76 bits per heavy atom. The second-order valence-corrected chi connectivity index (χ2v) is 8.60.